The second-order valence-electron chi connectivity index (χ2n) is 3.45. The third-order valence-electron chi connectivity index (χ3n) is 2.24. The van der Waals surface area contributed by atoms with E-state index >= 15 is 0 Å². The quantitative estimate of drug-likeness (QED) is 0.624. The predicted octanol–water partition coefficient (Wildman–Crippen LogP) is 2.79. The molecule has 6 nitrogen and oxygen atoms in total. The van der Waals surface area contributed by atoms with Gasteiger partial charge in [0.2, 0.25) is 5.75 Å². The van der Waals surface area contributed by atoms with Crippen molar-refractivity contribution in [1.82, 2.24) is 4.98 Å². The zero-order valence-electron chi connectivity index (χ0n) is 9.41. The lowest BCUT2D eigenvalue weighted by Crippen LogP contribution is -1.96. The zero-order chi connectivity index (χ0) is 13.8. The summed E-state index contributed by atoms with van der Waals surface area (Å²) in [6, 6.07) is 6.18. The number of nitriles is 1. The van der Waals surface area contributed by atoms with Crippen molar-refractivity contribution >= 4 is 5.69 Å². The van der Waals surface area contributed by atoms with Gasteiger partial charge in [0.15, 0.2) is 5.75 Å². The van der Waals surface area contributed by atoms with Crippen molar-refractivity contribution in [2.75, 3.05) is 0 Å². The molecule has 2 rings (SSSR count). The van der Waals surface area contributed by atoms with E-state index in [9.17, 15) is 14.5 Å². The number of rotatable bonds is 3. The second kappa shape index (κ2) is 5.10. The minimum Gasteiger partial charge on any atom is -0.447 e. The molecule has 0 aliphatic heterocycles. The predicted molar refractivity (Wildman–Crippen MR) is 62.1 cm³/mol. The van der Waals surface area contributed by atoms with Crippen LogP contribution in [0, 0.1) is 27.3 Å². The highest BCUT2D eigenvalue weighted by Crippen LogP contribution is 2.32. The average Bonchev–Trinajstić information content (AvgIpc) is 2.41. The Morgan fingerprint density at radius 3 is 2.84 bits per heavy atom. The summed E-state index contributed by atoms with van der Waals surface area (Å²) in [7, 11) is 0. The van der Waals surface area contributed by atoms with Gasteiger partial charge in [-0.15, -0.1) is 0 Å². The maximum atomic E-state index is 13.0. The van der Waals surface area contributed by atoms with Gasteiger partial charge in [-0.3, -0.25) is 15.1 Å². The molecule has 0 aliphatic rings. The standard InChI is InChI=1S/C12H6FN3O3/c13-9-1-2-11(10(5-9)16(17)18)19-12-7-15-4-3-8(12)6-14/h1-5,7H. The maximum absolute atomic E-state index is 13.0. The molecule has 0 bridgehead atoms. The van der Waals surface area contributed by atoms with Crippen LogP contribution in [0.3, 0.4) is 0 Å². The Kier molecular flexibility index (Phi) is 3.34. The molecule has 0 atom stereocenters. The third kappa shape index (κ3) is 2.63. The Morgan fingerprint density at radius 1 is 1.37 bits per heavy atom. The number of nitro groups is 1. The number of hydrogen-bond acceptors (Lipinski definition) is 5. The largest absolute Gasteiger partial charge is 0.447 e. The third-order valence-corrected chi connectivity index (χ3v) is 2.24. The number of pyridine rings is 1. The smallest absolute Gasteiger partial charge is 0.314 e. The number of nitro benzene ring substituents is 1. The van der Waals surface area contributed by atoms with Gasteiger partial charge in [-0.25, -0.2) is 4.39 Å². The summed E-state index contributed by atoms with van der Waals surface area (Å²) >= 11 is 0. The van der Waals surface area contributed by atoms with Crippen LogP contribution in [0.5, 0.6) is 11.5 Å². The Hall–Kier alpha value is -3.01. The van der Waals surface area contributed by atoms with Crippen molar-refractivity contribution in [3.63, 3.8) is 0 Å². The molecule has 1 aromatic carbocycles. The minimum absolute atomic E-state index is 0.0692. The van der Waals surface area contributed by atoms with Gasteiger partial charge in [-0.1, -0.05) is 0 Å². The number of nitrogens with zero attached hydrogens (tertiary/aromatic N) is 3. The van der Waals surface area contributed by atoms with Crippen LogP contribution in [0.25, 0.3) is 0 Å². The van der Waals surface area contributed by atoms with Crippen LogP contribution < -0.4 is 4.74 Å². The number of halogens is 1. The van der Waals surface area contributed by atoms with Gasteiger partial charge >= 0.3 is 5.69 Å². The van der Waals surface area contributed by atoms with Crippen molar-refractivity contribution in [1.29, 1.82) is 5.26 Å². The molecular weight excluding hydrogens is 253 g/mol. The first-order valence-corrected chi connectivity index (χ1v) is 5.07. The van der Waals surface area contributed by atoms with Crippen LogP contribution >= 0.6 is 0 Å². The fourth-order valence-electron chi connectivity index (χ4n) is 1.39. The molecule has 0 spiro atoms. The van der Waals surface area contributed by atoms with E-state index in [4.69, 9.17) is 10.00 Å². The molecule has 1 heterocycles. The Balaban J connectivity index is 2.44. The Labute approximate surface area is 106 Å². The van der Waals surface area contributed by atoms with Gasteiger partial charge in [0.05, 0.1) is 22.7 Å². The van der Waals surface area contributed by atoms with Crippen LogP contribution in [-0.4, -0.2) is 9.91 Å². The molecule has 0 aliphatic carbocycles. The van der Waals surface area contributed by atoms with E-state index in [2.05, 4.69) is 4.98 Å². The van der Waals surface area contributed by atoms with Crippen molar-refractivity contribution in [3.05, 3.63) is 58.2 Å². The lowest BCUT2D eigenvalue weighted by molar-refractivity contribution is -0.385. The van der Waals surface area contributed by atoms with Crippen molar-refractivity contribution < 1.29 is 14.1 Å². The highest BCUT2D eigenvalue weighted by atomic mass is 19.1. The molecule has 2 aromatic rings. The first-order chi connectivity index (χ1) is 9.11. The number of benzene rings is 1. The van der Waals surface area contributed by atoms with Gasteiger partial charge < -0.3 is 4.74 Å². The van der Waals surface area contributed by atoms with Crippen molar-refractivity contribution in [2.24, 2.45) is 0 Å². The maximum Gasteiger partial charge on any atom is 0.314 e. The second-order valence-corrected chi connectivity index (χ2v) is 3.45. The highest BCUT2D eigenvalue weighted by molar-refractivity contribution is 5.50. The Bertz CT molecular complexity index is 682. The van der Waals surface area contributed by atoms with Gasteiger partial charge in [0, 0.05) is 6.20 Å². The van der Waals surface area contributed by atoms with Crippen LogP contribution in [0.15, 0.2) is 36.7 Å². The van der Waals surface area contributed by atoms with Crippen LogP contribution in [-0.2, 0) is 0 Å². The van der Waals surface area contributed by atoms with Crippen LogP contribution in [0.4, 0.5) is 10.1 Å². The molecule has 0 fully saturated rings. The number of ether oxygens (including phenoxy) is 1. The minimum atomic E-state index is -0.763. The monoisotopic (exact) mass is 259 g/mol. The van der Waals surface area contributed by atoms with E-state index in [1.54, 1.807) is 0 Å². The summed E-state index contributed by atoms with van der Waals surface area (Å²) in [5.41, 5.74) is -0.346. The van der Waals surface area contributed by atoms with Gasteiger partial charge in [-0.05, 0) is 18.2 Å². The Morgan fingerprint density at radius 2 is 2.16 bits per heavy atom. The molecule has 0 N–H and O–H groups in total. The molecule has 7 heteroatoms. The summed E-state index contributed by atoms with van der Waals surface area (Å²) in [6.07, 6.45) is 2.65. The van der Waals surface area contributed by atoms with Crippen molar-refractivity contribution in [2.45, 2.75) is 0 Å². The molecule has 0 saturated carbocycles. The summed E-state index contributed by atoms with van der Waals surface area (Å²) < 4.78 is 18.2. The zero-order valence-corrected chi connectivity index (χ0v) is 9.41. The lowest BCUT2D eigenvalue weighted by atomic mass is 10.2. The summed E-state index contributed by atoms with van der Waals surface area (Å²) in [5, 5.41) is 19.7. The first kappa shape index (κ1) is 12.4. The SMILES string of the molecule is N#Cc1ccncc1Oc1ccc(F)cc1[N+](=O)[O-]. The lowest BCUT2D eigenvalue weighted by Gasteiger charge is -2.06. The summed E-state index contributed by atoms with van der Waals surface area (Å²) in [6.45, 7) is 0. The molecular formula is C12H6FN3O3. The summed E-state index contributed by atoms with van der Waals surface area (Å²) in [4.78, 5) is 13.8. The van der Waals surface area contributed by atoms with E-state index in [-0.39, 0.29) is 17.1 Å². The molecule has 94 valence electrons. The van der Waals surface area contributed by atoms with E-state index in [1.165, 1.54) is 18.5 Å². The molecule has 0 amide bonds. The van der Waals surface area contributed by atoms with Crippen molar-refractivity contribution in [3.8, 4) is 17.6 Å². The van der Waals surface area contributed by atoms with E-state index in [0.29, 0.717) is 0 Å². The van der Waals surface area contributed by atoms with Gasteiger partial charge in [0.25, 0.3) is 0 Å². The van der Waals surface area contributed by atoms with Gasteiger partial charge in [0.1, 0.15) is 11.9 Å². The van der Waals surface area contributed by atoms with Crippen LogP contribution in [0.1, 0.15) is 5.56 Å². The fraction of sp³-hybridized carbons (Fsp3) is 0. The number of aromatic nitrogens is 1. The molecule has 19 heavy (non-hydrogen) atoms. The van der Waals surface area contributed by atoms with E-state index < -0.39 is 16.4 Å². The first-order valence-electron chi connectivity index (χ1n) is 5.07. The number of hydrogen-bond donors (Lipinski definition) is 0. The molecule has 0 unspecified atom stereocenters. The average molecular weight is 259 g/mol. The molecule has 1 aromatic heterocycles. The van der Waals surface area contributed by atoms with Crippen LogP contribution in [0.2, 0.25) is 0 Å². The highest BCUT2D eigenvalue weighted by Gasteiger charge is 2.18. The van der Waals surface area contributed by atoms with E-state index in [0.717, 1.165) is 18.2 Å². The van der Waals surface area contributed by atoms with E-state index in [1.807, 2.05) is 6.07 Å². The molecule has 0 saturated heterocycles. The summed E-state index contributed by atoms with van der Waals surface area (Å²) in [5.74, 6) is -0.832. The normalized spacial score (nSPS) is 9.68. The molecule has 0 radical (unpaired) electrons. The fourth-order valence-corrected chi connectivity index (χ4v) is 1.39. The topological polar surface area (TPSA) is 89.0 Å². The van der Waals surface area contributed by atoms with Gasteiger partial charge in [-0.2, -0.15) is 5.26 Å².